The van der Waals surface area contributed by atoms with Gasteiger partial charge in [0, 0.05) is 31.8 Å². The summed E-state index contributed by atoms with van der Waals surface area (Å²) < 4.78 is 5.43. The Bertz CT molecular complexity index is 410. The molecule has 0 radical (unpaired) electrons. The highest BCUT2D eigenvalue weighted by Gasteiger charge is 2.20. The third-order valence-electron chi connectivity index (χ3n) is 4.35. The van der Waals surface area contributed by atoms with Gasteiger partial charge in [0.2, 0.25) is 0 Å². The normalized spacial score (nSPS) is 18.4. The van der Waals surface area contributed by atoms with Crippen LogP contribution in [0.4, 0.5) is 0 Å². The maximum Gasteiger partial charge on any atom is 0.0480 e. The van der Waals surface area contributed by atoms with Gasteiger partial charge in [-0.1, -0.05) is 38.1 Å². The van der Waals surface area contributed by atoms with Crippen LogP contribution in [0.15, 0.2) is 24.3 Å². The molecule has 1 saturated heterocycles. The first-order valence-corrected chi connectivity index (χ1v) is 8.18. The standard InChI is InChI=1S/C18H30N2O/c1-14(2)12-15-4-6-16(7-5-15)18(19)13-20(3)17-8-10-21-11-9-17/h4-7,14,17-18H,8-13,19H2,1-3H3. The van der Waals surface area contributed by atoms with Crippen molar-refractivity contribution >= 4 is 0 Å². The molecule has 0 amide bonds. The molecule has 3 nitrogen and oxygen atoms in total. The largest absolute Gasteiger partial charge is 0.381 e. The SMILES string of the molecule is CC(C)Cc1ccc(C(N)CN(C)C2CCOCC2)cc1. The average Bonchev–Trinajstić information content (AvgIpc) is 2.48. The first-order chi connectivity index (χ1) is 10.1. The molecule has 1 atom stereocenters. The Labute approximate surface area is 129 Å². The van der Waals surface area contributed by atoms with Crippen LogP contribution in [0.2, 0.25) is 0 Å². The molecule has 1 aliphatic rings. The fraction of sp³-hybridized carbons (Fsp3) is 0.667. The second-order valence-corrected chi connectivity index (χ2v) is 6.73. The van der Waals surface area contributed by atoms with Crippen LogP contribution in [-0.2, 0) is 11.2 Å². The highest BCUT2D eigenvalue weighted by molar-refractivity contribution is 5.25. The van der Waals surface area contributed by atoms with E-state index in [0.29, 0.717) is 12.0 Å². The monoisotopic (exact) mass is 290 g/mol. The number of hydrogen-bond acceptors (Lipinski definition) is 3. The van der Waals surface area contributed by atoms with Crippen LogP contribution >= 0.6 is 0 Å². The Balaban J connectivity index is 1.88. The van der Waals surface area contributed by atoms with Crippen LogP contribution in [0.25, 0.3) is 0 Å². The Morgan fingerprint density at radius 1 is 1.19 bits per heavy atom. The zero-order valence-corrected chi connectivity index (χ0v) is 13.7. The molecule has 0 spiro atoms. The van der Waals surface area contributed by atoms with E-state index in [1.54, 1.807) is 0 Å². The van der Waals surface area contributed by atoms with Crippen molar-refractivity contribution in [3.05, 3.63) is 35.4 Å². The number of hydrogen-bond donors (Lipinski definition) is 1. The Hall–Kier alpha value is -0.900. The van der Waals surface area contributed by atoms with Gasteiger partial charge in [-0.25, -0.2) is 0 Å². The maximum absolute atomic E-state index is 6.38. The molecule has 1 aromatic carbocycles. The molecule has 0 saturated carbocycles. The van der Waals surface area contributed by atoms with Gasteiger partial charge < -0.3 is 15.4 Å². The van der Waals surface area contributed by atoms with E-state index in [1.165, 1.54) is 11.1 Å². The number of nitrogens with zero attached hydrogens (tertiary/aromatic N) is 1. The van der Waals surface area contributed by atoms with Crippen LogP contribution in [-0.4, -0.2) is 37.7 Å². The minimum atomic E-state index is 0.0888. The first kappa shape index (κ1) is 16.5. The lowest BCUT2D eigenvalue weighted by molar-refractivity contribution is 0.0413. The van der Waals surface area contributed by atoms with Crippen molar-refractivity contribution in [1.82, 2.24) is 4.90 Å². The predicted molar refractivity (Wildman–Crippen MR) is 88.4 cm³/mol. The van der Waals surface area contributed by atoms with Crippen molar-refractivity contribution in [2.75, 3.05) is 26.8 Å². The molecular formula is C18H30N2O. The predicted octanol–water partition coefficient (Wildman–Crippen LogP) is 3.00. The lowest BCUT2D eigenvalue weighted by atomic mass is 9.99. The van der Waals surface area contributed by atoms with E-state index in [1.807, 2.05) is 0 Å². The third-order valence-corrected chi connectivity index (χ3v) is 4.35. The summed E-state index contributed by atoms with van der Waals surface area (Å²) in [7, 11) is 2.18. The third kappa shape index (κ3) is 5.10. The molecule has 1 fully saturated rings. The zero-order valence-electron chi connectivity index (χ0n) is 13.7. The van der Waals surface area contributed by atoms with Crippen molar-refractivity contribution in [2.45, 2.75) is 45.2 Å². The minimum Gasteiger partial charge on any atom is -0.381 e. The summed E-state index contributed by atoms with van der Waals surface area (Å²) in [5.41, 5.74) is 9.02. The molecule has 1 unspecified atom stereocenters. The van der Waals surface area contributed by atoms with E-state index >= 15 is 0 Å². The van der Waals surface area contributed by atoms with E-state index in [0.717, 1.165) is 39.0 Å². The van der Waals surface area contributed by atoms with Gasteiger partial charge in [-0.05, 0) is 43.4 Å². The molecule has 2 rings (SSSR count). The van der Waals surface area contributed by atoms with Crippen LogP contribution in [0.1, 0.15) is 43.9 Å². The van der Waals surface area contributed by atoms with Crippen LogP contribution in [0.5, 0.6) is 0 Å². The molecule has 0 bridgehead atoms. The molecule has 0 aliphatic carbocycles. The molecular weight excluding hydrogens is 260 g/mol. The molecule has 3 heteroatoms. The number of rotatable bonds is 6. The zero-order chi connectivity index (χ0) is 15.2. The second kappa shape index (κ2) is 7.92. The topological polar surface area (TPSA) is 38.5 Å². The summed E-state index contributed by atoms with van der Waals surface area (Å²) in [5, 5.41) is 0. The molecule has 1 aromatic rings. The molecule has 118 valence electrons. The summed E-state index contributed by atoms with van der Waals surface area (Å²) in [6.07, 6.45) is 3.38. The quantitative estimate of drug-likeness (QED) is 0.875. The van der Waals surface area contributed by atoms with Gasteiger partial charge in [0.25, 0.3) is 0 Å². The highest BCUT2D eigenvalue weighted by Crippen LogP contribution is 2.18. The van der Waals surface area contributed by atoms with E-state index in [9.17, 15) is 0 Å². The van der Waals surface area contributed by atoms with Crippen molar-refractivity contribution in [1.29, 1.82) is 0 Å². The summed E-state index contributed by atoms with van der Waals surface area (Å²) in [6, 6.07) is 9.55. The van der Waals surface area contributed by atoms with Gasteiger partial charge >= 0.3 is 0 Å². The van der Waals surface area contributed by atoms with E-state index in [-0.39, 0.29) is 6.04 Å². The lowest BCUT2D eigenvalue weighted by Gasteiger charge is -2.32. The van der Waals surface area contributed by atoms with Gasteiger partial charge in [-0.3, -0.25) is 0 Å². The van der Waals surface area contributed by atoms with Gasteiger partial charge in [-0.2, -0.15) is 0 Å². The molecule has 2 N–H and O–H groups in total. The number of ether oxygens (including phenoxy) is 1. The number of benzene rings is 1. The molecule has 21 heavy (non-hydrogen) atoms. The Morgan fingerprint density at radius 2 is 1.81 bits per heavy atom. The number of nitrogens with two attached hydrogens (primary N) is 1. The summed E-state index contributed by atoms with van der Waals surface area (Å²) in [4.78, 5) is 2.40. The molecule has 1 aliphatic heterocycles. The van der Waals surface area contributed by atoms with Crippen molar-refractivity contribution in [3.63, 3.8) is 0 Å². The van der Waals surface area contributed by atoms with Gasteiger partial charge in [-0.15, -0.1) is 0 Å². The van der Waals surface area contributed by atoms with E-state index < -0.39 is 0 Å². The Kier molecular flexibility index (Phi) is 6.22. The average molecular weight is 290 g/mol. The summed E-state index contributed by atoms with van der Waals surface area (Å²) >= 11 is 0. The fourth-order valence-electron chi connectivity index (χ4n) is 3.06. The van der Waals surface area contributed by atoms with Gasteiger partial charge in [0.15, 0.2) is 0 Å². The van der Waals surface area contributed by atoms with Crippen LogP contribution in [0, 0.1) is 5.92 Å². The minimum absolute atomic E-state index is 0.0888. The molecule has 0 aromatic heterocycles. The van der Waals surface area contributed by atoms with Crippen LogP contribution < -0.4 is 5.73 Å². The maximum atomic E-state index is 6.38. The van der Waals surface area contributed by atoms with Crippen molar-refractivity contribution < 1.29 is 4.74 Å². The Morgan fingerprint density at radius 3 is 2.38 bits per heavy atom. The second-order valence-electron chi connectivity index (χ2n) is 6.73. The number of likely N-dealkylation sites (N-methyl/N-ethyl adjacent to an activating group) is 1. The first-order valence-electron chi connectivity index (χ1n) is 8.18. The van der Waals surface area contributed by atoms with Gasteiger partial charge in [0.05, 0.1) is 0 Å². The smallest absolute Gasteiger partial charge is 0.0480 e. The highest BCUT2D eigenvalue weighted by atomic mass is 16.5. The van der Waals surface area contributed by atoms with Crippen molar-refractivity contribution in [3.8, 4) is 0 Å². The summed E-state index contributed by atoms with van der Waals surface area (Å²) in [5.74, 6) is 0.698. The van der Waals surface area contributed by atoms with E-state index in [4.69, 9.17) is 10.5 Å². The van der Waals surface area contributed by atoms with Crippen molar-refractivity contribution in [2.24, 2.45) is 11.7 Å². The molecule has 1 heterocycles. The van der Waals surface area contributed by atoms with Crippen LogP contribution in [0.3, 0.4) is 0 Å². The summed E-state index contributed by atoms with van der Waals surface area (Å²) in [6.45, 7) is 7.18. The van der Waals surface area contributed by atoms with Gasteiger partial charge in [0.1, 0.15) is 0 Å². The van der Waals surface area contributed by atoms with E-state index in [2.05, 4.69) is 50.1 Å². The fourth-order valence-corrected chi connectivity index (χ4v) is 3.06. The lowest BCUT2D eigenvalue weighted by Crippen LogP contribution is -2.40.